The van der Waals surface area contributed by atoms with Crippen molar-refractivity contribution in [2.45, 2.75) is 64.1 Å². The van der Waals surface area contributed by atoms with Crippen LogP contribution in [0.15, 0.2) is 30.6 Å². The fraction of sp³-hybridized carbons (Fsp3) is 0.556. The van der Waals surface area contributed by atoms with Gasteiger partial charge in [-0.15, -0.1) is 0 Å². The van der Waals surface area contributed by atoms with Gasteiger partial charge in [-0.3, -0.25) is 4.79 Å². The molecular weight excluding hydrogens is 288 g/mol. The number of hydrogen-bond acceptors (Lipinski definition) is 3. The molecule has 2 N–H and O–H groups in total. The number of aromatic nitrogens is 2. The minimum absolute atomic E-state index is 0.0305. The normalized spacial score (nSPS) is 20.5. The van der Waals surface area contributed by atoms with E-state index in [0.717, 1.165) is 24.2 Å². The van der Waals surface area contributed by atoms with Gasteiger partial charge in [0.1, 0.15) is 5.65 Å². The molecule has 1 fully saturated rings. The van der Waals surface area contributed by atoms with Crippen LogP contribution in [0, 0.1) is 0 Å². The van der Waals surface area contributed by atoms with E-state index in [0.29, 0.717) is 6.42 Å². The molecule has 0 aromatic carbocycles. The number of amides is 1. The van der Waals surface area contributed by atoms with Crippen LogP contribution in [0.3, 0.4) is 0 Å². The summed E-state index contributed by atoms with van der Waals surface area (Å²) in [7, 11) is 0. The molecule has 3 rings (SSSR count). The first kappa shape index (κ1) is 16.0. The first-order valence-corrected chi connectivity index (χ1v) is 8.24. The minimum atomic E-state index is 0.0305. The van der Waals surface area contributed by atoms with Crippen LogP contribution in [0.25, 0.3) is 5.65 Å². The zero-order valence-electron chi connectivity index (χ0n) is 14.4. The number of carbonyl (C=O) groups excluding carboxylic acids is 1. The van der Waals surface area contributed by atoms with E-state index in [4.69, 9.17) is 0 Å². The first-order chi connectivity index (χ1) is 10.7. The standard InChI is InChI=1S/C18H26N4O/c1-17(2)10-14(11-18(3,4)21-17)20-16(23)9-13-12-22-8-6-5-7-15(22)19-13/h5-8,12,14,21H,9-11H2,1-4H3,(H,20,23). The highest BCUT2D eigenvalue weighted by Crippen LogP contribution is 2.28. The number of carbonyl (C=O) groups is 1. The van der Waals surface area contributed by atoms with E-state index < -0.39 is 0 Å². The maximum Gasteiger partial charge on any atom is 0.226 e. The molecule has 2 aromatic heterocycles. The van der Waals surface area contributed by atoms with E-state index in [2.05, 4.69) is 43.3 Å². The van der Waals surface area contributed by atoms with Crippen molar-refractivity contribution < 1.29 is 4.79 Å². The molecule has 0 atom stereocenters. The molecule has 5 heteroatoms. The van der Waals surface area contributed by atoms with Crippen molar-refractivity contribution in [1.29, 1.82) is 0 Å². The highest BCUT2D eigenvalue weighted by molar-refractivity contribution is 5.78. The highest BCUT2D eigenvalue weighted by atomic mass is 16.1. The Morgan fingerprint density at radius 3 is 2.65 bits per heavy atom. The van der Waals surface area contributed by atoms with Crippen LogP contribution in [0.4, 0.5) is 0 Å². The van der Waals surface area contributed by atoms with Gasteiger partial charge < -0.3 is 15.0 Å². The molecule has 0 radical (unpaired) electrons. The van der Waals surface area contributed by atoms with Gasteiger partial charge in [0.05, 0.1) is 12.1 Å². The molecular formula is C18H26N4O. The molecule has 1 aliphatic heterocycles. The minimum Gasteiger partial charge on any atom is -0.353 e. The molecule has 0 bridgehead atoms. The van der Waals surface area contributed by atoms with Crippen LogP contribution >= 0.6 is 0 Å². The number of piperidine rings is 1. The Morgan fingerprint density at radius 2 is 2.00 bits per heavy atom. The molecule has 5 nitrogen and oxygen atoms in total. The first-order valence-electron chi connectivity index (χ1n) is 8.24. The molecule has 23 heavy (non-hydrogen) atoms. The largest absolute Gasteiger partial charge is 0.353 e. The second-order valence-corrected chi connectivity index (χ2v) is 7.94. The molecule has 1 aliphatic rings. The number of nitrogens with zero attached hydrogens (tertiary/aromatic N) is 2. The fourth-order valence-corrected chi connectivity index (χ4v) is 3.94. The molecule has 0 unspecified atom stereocenters. The summed E-state index contributed by atoms with van der Waals surface area (Å²) in [6.07, 6.45) is 6.07. The van der Waals surface area contributed by atoms with E-state index in [1.807, 2.05) is 35.0 Å². The molecule has 2 aromatic rings. The number of fused-ring (bicyclic) bond motifs is 1. The van der Waals surface area contributed by atoms with E-state index in [1.54, 1.807) is 0 Å². The summed E-state index contributed by atoms with van der Waals surface area (Å²) < 4.78 is 1.94. The molecule has 3 heterocycles. The average Bonchev–Trinajstić information content (AvgIpc) is 2.76. The van der Waals surface area contributed by atoms with Gasteiger partial charge in [0.15, 0.2) is 0 Å². The lowest BCUT2D eigenvalue weighted by atomic mass is 9.79. The van der Waals surface area contributed by atoms with Crippen LogP contribution in [-0.4, -0.2) is 32.4 Å². The van der Waals surface area contributed by atoms with Crippen molar-refractivity contribution in [2.75, 3.05) is 0 Å². The van der Waals surface area contributed by atoms with Crippen molar-refractivity contribution in [3.05, 3.63) is 36.3 Å². The maximum absolute atomic E-state index is 12.4. The Labute approximate surface area is 137 Å². The van der Waals surface area contributed by atoms with Crippen molar-refractivity contribution in [2.24, 2.45) is 0 Å². The Morgan fingerprint density at radius 1 is 1.30 bits per heavy atom. The summed E-state index contributed by atoms with van der Waals surface area (Å²) in [4.78, 5) is 16.9. The number of pyridine rings is 1. The lowest BCUT2D eigenvalue weighted by Crippen LogP contribution is -2.62. The number of hydrogen-bond donors (Lipinski definition) is 2. The Kier molecular flexibility index (Phi) is 3.92. The van der Waals surface area contributed by atoms with Crippen LogP contribution < -0.4 is 10.6 Å². The summed E-state index contributed by atoms with van der Waals surface area (Å²) >= 11 is 0. The zero-order chi connectivity index (χ0) is 16.7. The molecule has 1 saturated heterocycles. The number of nitrogens with one attached hydrogen (secondary N) is 2. The van der Waals surface area contributed by atoms with Crippen molar-refractivity contribution in [3.8, 4) is 0 Å². The van der Waals surface area contributed by atoms with E-state index in [9.17, 15) is 4.79 Å². The van der Waals surface area contributed by atoms with Crippen LogP contribution in [0.1, 0.15) is 46.2 Å². The van der Waals surface area contributed by atoms with Crippen LogP contribution in [0.5, 0.6) is 0 Å². The van der Waals surface area contributed by atoms with Gasteiger partial charge in [-0.1, -0.05) is 6.07 Å². The molecule has 0 spiro atoms. The molecule has 0 saturated carbocycles. The lowest BCUT2D eigenvalue weighted by Gasteiger charge is -2.46. The van der Waals surface area contributed by atoms with Crippen LogP contribution in [-0.2, 0) is 11.2 Å². The monoisotopic (exact) mass is 314 g/mol. The number of imidazole rings is 1. The Balaban J connectivity index is 1.64. The van der Waals surface area contributed by atoms with Gasteiger partial charge in [-0.25, -0.2) is 4.98 Å². The SMILES string of the molecule is CC1(C)CC(NC(=O)Cc2cn3ccccc3n2)CC(C)(C)N1. The highest BCUT2D eigenvalue weighted by Gasteiger charge is 2.38. The molecule has 0 aliphatic carbocycles. The third-order valence-corrected chi connectivity index (χ3v) is 4.31. The second kappa shape index (κ2) is 5.64. The van der Waals surface area contributed by atoms with Crippen molar-refractivity contribution in [3.63, 3.8) is 0 Å². The summed E-state index contributed by atoms with van der Waals surface area (Å²) in [5.41, 5.74) is 1.74. The topological polar surface area (TPSA) is 58.4 Å². The number of rotatable bonds is 3. The lowest BCUT2D eigenvalue weighted by molar-refractivity contribution is -0.121. The van der Waals surface area contributed by atoms with Crippen molar-refractivity contribution in [1.82, 2.24) is 20.0 Å². The predicted molar refractivity (Wildman–Crippen MR) is 91.4 cm³/mol. The third kappa shape index (κ3) is 3.91. The fourth-order valence-electron chi connectivity index (χ4n) is 3.94. The Bertz CT molecular complexity index is 668. The van der Waals surface area contributed by atoms with E-state index in [-0.39, 0.29) is 23.0 Å². The Hall–Kier alpha value is -1.88. The quantitative estimate of drug-likeness (QED) is 0.914. The van der Waals surface area contributed by atoms with Gasteiger partial charge in [0.2, 0.25) is 5.91 Å². The average molecular weight is 314 g/mol. The summed E-state index contributed by atoms with van der Waals surface area (Å²) in [6.45, 7) is 8.76. The summed E-state index contributed by atoms with van der Waals surface area (Å²) in [5.74, 6) is 0.0481. The predicted octanol–water partition coefficient (Wildman–Crippen LogP) is 2.30. The van der Waals surface area contributed by atoms with E-state index in [1.165, 1.54) is 0 Å². The maximum atomic E-state index is 12.4. The zero-order valence-corrected chi connectivity index (χ0v) is 14.4. The third-order valence-electron chi connectivity index (χ3n) is 4.31. The van der Waals surface area contributed by atoms with Gasteiger partial charge in [-0.05, 0) is 52.7 Å². The molecule has 124 valence electrons. The smallest absolute Gasteiger partial charge is 0.226 e. The van der Waals surface area contributed by atoms with Crippen molar-refractivity contribution >= 4 is 11.6 Å². The second-order valence-electron chi connectivity index (χ2n) is 7.94. The van der Waals surface area contributed by atoms with Crippen LogP contribution in [0.2, 0.25) is 0 Å². The van der Waals surface area contributed by atoms with Gasteiger partial charge in [0.25, 0.3) is 0 Å². The molecule has 1 amide bonds. The van der Waals surface area contributed by atoms with Gasteiger partial charge in [-0.2, -0.15) is 0 Å². The summed E-state index contributed by atoms with van der Waals surface area (Å²) in [5, 5.41) is 6.83. The van der Waals surface area contributed by atoms with Gasteiger partial charge >= 0.3 is 0 Å². The summed E-state index contributed by atoms with van der Waals surface area (Å²) in [6, 6.07) is 6.05. The van der Waals surface area contributed by atoms with Gasteiger partial charge in [0, 0.05) is 29.5 Å². The van der Waals surface area contributed by atoms with E-state index >= 15 is 0 Å².